The first kappa shape index (κ1) is 13.2. The lowest BCUT2D eigenvalue weighted by Gasteiger charge is -2.10. The summed E-state index contributed by atoms with van der Waals surface area (Å²) in [6.07, 6.45) is 0. The maximum absolute atomic E-state index is 13.3. The highest BCUT2D eigenvalue weighted by atomic mass is 35.5. The number of hydrazine groups is 1. The van der Waals surface area contributed by atoms with Crippen LogP contribution in [0.1, 0.15) is 0 Å². The van der Waals surface area contributed by atoms with Crippen LogP contribution in [-0.2, 0) is 0 Å². The molecule has 0 saturated heterocycles. The van der Waals surface area contributed by atoms with Crippen molar-refractivity contribution in [3.05, 3.63) is 59.4 Å². The number of urea groups is 1. The lowest BCUT2D eigenvalue weighted by molar-refractivity contribution is 0.254. The average Bonchev–Trinajstić information content (AvgIpc) is 2.38. The molecule has 0 atom stereocenters. The summed E-state index contributed by atoms with van der Waals surface area (Å²) in [6.45, 7) is 0. The van der Waals surface area contributed by atoms with E-state index in [1.54, 1.807) is 36.4 Å². The monoisotopic (exact) mass is 279 g/mol. The number of carbonyl (C=O) groups is 1. The summed E-state index contributed by atoms with van der Waals surface area (Å²) < 4.78 is 13.3. The molecule has 0 saturated carbocycles. The van der Waals surface area contributed by atoms with Crippen molar-refractivity contribution in [1.29, 1.82) is 0 Å². The van der Waals surface area contributed by atoms with Crippen LogP contribution in [0.15, 0.2) is 48.5 Å². The van der Waals surface area contributed by atoms with Gasteiger partial charge in [0.1, 0.15) is 5.82 Å². The highest BCUT2D eigenvalue weighted by Crippen LogP contribution is 2.15. The van der Waals surface area contributed by atoms with Gasteiger partial charge < -0.3 is 5.32 Å². The Morgan fingerprint density at radius 1 is 1.11 bits per heavy atom. The summed E-state index contributed by atoms with van der Waals surface area (Å²) in [5, 5.41) is 3.07. The normalized spacial score (nSPS) is 9.79. The van der Waals surface area contributed by atoms with Gasteiger partial charge in [0.05, 0.1) is 5.69 Å². The summed E-state index contributed by atoms with van der Waals surface area (Å²) in [4.78, 5) is 11.6. The van der Waals surface area contributed by atoms with E-state index in [9.17, 15) is 9.18 Å². The molecule has 0 aromatic heterocycles. The number of halogens is 2. The Morgan fingerprint density at radius 3 is 2.63 bits per heavy atom. The maximum Gasteiger partial charge on any atom is 0.337 e. The van der Waals surface area contributed by atoms with Crippen LogP contribution in [0.25, 0.3) is 0 Å². The zero-order valence-electron chi connectivity index (χ0n) is 9.78. The van der Waals surface area contributed by atoms with Crippen LogP contribution in [0.2, 0.25) is 5.02 Å². The minimum Gasteiger partial charge on any atom is -0.307 e. The molecular weight excluding hydrogens is 269 g/mol. The molecule has 6 heteroatoms. The van der Waals surface area contributed by atoms with E-state index in [4.69, 9.17) is 11.6 Å². The first-order valence-corrected chi connectivity index (χ1v) is 5.86. The third-order valence-corrected chi connectivity index (χ3v) is 2.50. The van der Waals surface area contributed by atoms with Gasteiger partial charge in [0.25, 0.3) is 0 Å². The molecule has 98 valence electrons. The molecule has 0 spiro atoms. The minimum absolute atomic E-state index is 0.184. The number of hydrogen-bond donors (Lipinski definition) is 3. The van der Waals surface area contributed by atoms with Crippen molar-refractivity contribution < 1.29 is 9.18 Å². The topological polar surface area (TPSA) is 53.2 Å². The maximum atomic E-state index is 13.3. The van der Waals surface area contributed by atoms with Gasteiger partial charge in [-0.05, 0) is 30.3 Å². The number of nitrogens with one attached hydrogen (secondary N) is 3. The van der Waals surface area contributed by atoms with Gasteiger partial charge in [0, 0.05) is 10.7 Å². The molecule has 2 aromatic rings. The molecule has 3 N–H and O–H groups in total. The van der Waals surface area contributed by atoms with Crippen LogP contribution in [0.4, 0.5) is 20.6 Å². The van der Waals surface area contributed by atoms with Crippen molar-refractivity contribution in [3.8, 4) is 0 Å². The van der Waals surface area contributed by atoms with E-state index in [0.29, 0.717) is 10.7 Å². The lowest BCUT2D eigenvalue weighted by Crippen LogP contribution is -2.33. The number of rotatable bonds is 3. The summed E-state index contributed by atoms with van der Waals surface area (Å²) in [6, 6.07) is 12.2. The zero-order chi connectivity index (χ0) is 13.7. The second kappa shape index (κ2) is 6.06. The first-order chi connectivity index (χ1) is 9.15. The lowest BCUT2D eigenvalue weighted by atomic mass is 10.3. The third kappa shape index (κ3) is 3.86. The second-order valence-corrected chi connectivity index (χ2v) is 4.13. The van der Waals surface area contributed by atoms with Crippen molar-refractivity contribution in [3.63, 3.8) is 0 Å². The van der Waals surface area contributed by atoms with E-state index in [1.807, 2.05) is 0 Å². The second-order valence-electron chi connectivity index (χ2n) is 3.69. The van der Waals surface area contributed by atoms with Gasteiger partial charge in [-0.2, -0.15) is 0 Å². The number of anilines is 2. The predicted molar refractivity (Wildman–Crippen MR) is 73.6 cm³/mol. The molecule has 19 heavy (non-hydrogen) atoms. The SMILES string of the molecule is O=C(NNc1ccccc1F)Nc1cccc(Cl)c1. The summed E-state index contributed by atoms with van der Waals surface area (Å²) in [7, 11) is 0. The number of amides is 2. The molecule has 2 rings (SSSR count). The molecule has 0 radical (unpaired) electrons. The minimum atomic E-state index is -0.523. The largest absolute Gasteiger partial charge is 0.337 e. The van der Waals surface area contributed by atoms with Gasteiger partial charge in [-0.15, -0.1) is 0 Å². The van der Waals surface area contributed by atoms with Crippen molar-refractivity contribution in [2.45, 2.75) is 0 Å². The first-order valence-electron chi connectivity index (χ1n) is 5.48. The molecular formula is C13H11ClFN3O. The number of hydrogen-bond acceptors (Lipinski definition) is 2. The van der Waals surface area contributed by atoms with Crippen LogP contribution < -0.4 is 16.2 Å². The van der Waals surface area contributed by atoms with Crippen LogP contribution in [0, 0.1) is 5.82 Å². The Kier molecular flexibility index (Phi) is 4.20. The van der Waals surface area contributed by atoms with E-state index < -0.39 is 11.8 Å². The van der Waals surface area contributed by atoms with Crippen molar-refractivity contribution in [1.82, 2.24) is 5.43 Å². The molecule has 2 amide bonds. The van der Waals surface area contributed by atoms with Gasteiger partial charge in [-0.1, -0.05) is 29.8 Å². The Balaban J connectivity index is 1.90. The highest BCUT2D eigenvalue weighted by Gasteiger charge is 2.03. The molecule has 0 aliphatic carbocycles. The molecule has 2 aromatic carbocycles. The Bertz CT molecular complexity index is 592. The molecule has 0 aliphatic rings. The quantitative estimate of drug-likeness (QED) is 0.752. The molecule has 0 heterocycles. The number of benzene rings is 2. The highest BCUT2D eigenvalue weighted by molar-refractivity contribution is 6.30. The van der Waals surface area contributed by atoms with E-state index in [2.05, 4.69) is 16.2 Å². The molecule has 0 aliphatic heterocycles. The van der Waals surface area contributed by atoms with E-state index in [-0.39, 0.29) is 5.69 Å². The van der Waals surface area contributed by atoms with Crippen molar-refractivity contribution >= 4 is 29.0 Å². The van der Waals surface area contributed by atoms with Crippen LogP contribution in [0.5, 0.6) is 0 Å². The summed E-state index contributed by atoms with van der Waals surface area (Å²) >= 11 is 5.79. The predicted octanol–water partition coefficient (Wildman–Crippen LogP) is 3.63. The van der Waals surface area contributed by atoms with E-state index in [1.165, 1.54) is 12.1 Å². The fraction of sp³-hybridized carbons (Fsp3) is 0. The number of carbonyl (C=O) groups excluding carboxylic acids is 1. The van der Waals surface area contributed by atoms with Crippen LogP contribution >= 0.6 is 11.6 Å². The van der Waals surface area contributed by atoms with Gasteiger partial charge in [0.2, 0.25) is 0 Å². The molecule has 0 fully saturated rings. The van der Waals surface area contributed by atoms with Crippen LogP contribution in [0.3, 0.4) is 0 Å². The third-order valence-electron chi connectivity index (χ3n) is 2.27. The molecule has 0 unspecified atom stereocenters. The van der Waals surface area contributed by atoms with Gasteiger partial charge >= 0.3 is 6.03 Å². The Morgan fingerprint density at radius 2 is 1.89 bits per heavy atom. The van der Waals surface area contributed by atoms with Gasteiger partial charge in [-0.3, -0.25) is 10.9 Å². The fourth-order valence-corrected chi connectivity index (χ4v) is 1.61. The average molecular weight is 280 g/mol. The zero-order valence-corrected chi connectivity index (χ0v) is 10.5. The Labute approximate surface area is 114 Å². The summed E-state index contributed by atoms with van der Waals surface area (Å²) in [5.74, 6) is -0.453. The van der Waals surface area contributed by atoms with Crippen molar-refractivity contribution in [2.75, 3.05) is 10.7 Å². The Hall–Kier alpha value is -2.27. The smallest absolute Gasteiger partial charge is 0.307 e. The van der Waals surface area contributed by atoms with Gasteiger partial charge in [-0.25, -0.2) is 9.18 Å². The molecule has 4 nitrogen and oxygen atoms in total. The van der Waals surface area contributed by atoms with Crippen molar-refractivity contribution in [2.24, 2.45) is 0 Å². The number of para-hydroxylation sites is 1. The standard InChI is InChI=1S/C13H11ClFN3O/c14-9-4-3-5-10(8-9)16-13(19)18-17-12-7-2-1-6-11(12)15/h1-8,17H,(H2,16,18,19). The fourth-order valence-electron chi connectivity index (χ4n) is 1.42. The summed E-state index contributed by atoms with van der Waals surface area (Å²) in [5.41, 5.74) is 5.53. The van der Waals surface area contributed by atoms with Crippen LogP contribution in [-0.4, -0.2) is 6.03 Å². The molecule has 0 bridgehead atoms. The van der Waals surface area contributed by atoms with E-state index in [0.717, 1.165) is 0 Å². The van der Waals surface area contributed by atoms with Gasteiger partial charge in [0.15, 0.2) is 0 Å². The van der Waals surface area contributed by atoms with E-state index >= 15 is 0 Å².